The van der Waals surface area contributed by atoms with E-state index in [1.165, 1.54) is 12.5 Å². The molecule has 0 bridgehead atoms. The van der Waals surface area contributed by atoms with Crippen LogP contribution in [0.15, 0.2) is 24.3 Å². The molecule has 0 aliphatic rings. The summed E-state index contributed by atoms with van der Waals surface area (Å²) in [5.74, 6) is -0.968. The van der Waals surface area contributed by atoms with Gasteiger partial charge in [-0.25, -0.2) is 8.42 Å². The van der Waals surface area contributed by atoms with Crippen LogP contribution in [0.3, 0.4) is 0 Å². The summed E-state index contributed by atoms with van der Waals surface area (Å²) in [6.07, 6.45) is 0.929. The van der Waals surface area contributed by atoms with Gasteiger partial charge in [0, 0.05) is 11.4 Å². The van der Waals surface area contributed by atoms with Gasteiger partial charge in [0.15, 0.2) is 9.84 Å². The molecule has 0 saturated heterocycles. The molecule has 0 aliphatic heterocycles. The first-order chi connectivity index (χ1) is 7.96. The molecule has 1 rings (SSSR count). The van der Waals surface area contributed by atoms with E-state index in [-0.39, 0.29) is 5.75 Å². The summed E-state index contributed by atoms with van der Waals surface area (Å²) in [6.45, 7) is 3.57. The average Bonchev–Trinajstić information content (AvgIpc) is 2.29. The van der Waals surface area contributed by atoms with Gasteiger partial charge < -0.3 is 5.32 Å². The van der Waals surface area contributed by atoms with Crippen LogP contribution in [0, 0.1) is 0 Å². The molecule has 0 spiro atoms. The third-order valence-corrected chi connectivity index (χ3v) is 4.02. The van der Waals surface area contributed by atoms with Crippen LogP contribution in [0.4, 0.5) is 5.69 Å². The van der Waals surface area contributed by atoms with Gasteiger partial charge in [-0.1, -0.05) is 26.0 Å². The smallest absolute Gasteiger partial charge is 0.239 e. The normalized spacial score (nSPS) is 11.2. The van der Waals surface area contributed by atoms with Crippen LogP contribution in [0.2, 0.25) is 0 Å². The highest BCUT2D eigenvalue weighted by Crippen LogP contribution is 2.10. The first-order valence-corrected chi connectivity index (χ1v) is 7.38. The highest BCUT2D eigenvalue weighted by atomic mass is 32.2. The highest BCUT2D eigenvalue weighted by Gasteiger charge is 2.14. The highest BCUT2D eigenvalue weighted by molar-refractivity contribution is 7.92. The van der Waals surface area contributed by atoms with Gasteiger partial charge in [-0.15, -0.1) is 0 Å². The number of benzene rings is 1. The zero-order valence-corrected chi connectivity index (χ0v) is 10.9. The molecule has 1 aromatic rings. The number of hydrogen-bond donors (Lipinski definition) is 1. The summed E-state index contributed by atoms with van der Waals surface area (Å²) >= 11 is 0. The molecule has 0 radical (unpaired) electrons. The Balaban J connectivity index is 2.62. The van der Waals surface area contributed by atoms with Crippen LogP contribution < -0.4 is 5.32 Å². The number of anilines is 1. The number of carbonyl (C=O) groups is 1. The summed E-state index contributed by atoms with van der Waals surface area (Å²) in [5.41, 5.74) is 1.79. The van der Waals surface area contributed by atoms with Gasteiger partial charge >= 0.3 is 0 Å². The van der Waals surface area contributed by atoms with E-state index in [2.05, 4.69) is 5.32 Å². The first kappa shape index (κ1) is 13.7. The fourth-order valence-electron chi connectivity index (χ4n) is 1.32. The number of hydrogen-bond acceptors (Lipinski definition) is 3. The predicted octanol–water partition coefficient (Wildman–Crippen LogP) is 1.62. The molecule has 1 aromatic carbocycles. The zero-order chi connectivity index (χ0) is 12.9. The van der Waals surface area contributed by atoms with Crippen molar-refractivity contribution >= 4 is 21.4 Å². The van der Waals surface area contributed by atoms with Crippen molar-refractivity contribution in [1.82, 2.24) is 0 Å². The van der Waals surface area contributed by atoms with E-state index in [1.54, 1.807) is 12.1 Å². The lowest BCUT2D eigenvalue weighted by Crippen LogP contribution is -2.23. The summed E-state index contributed by atoms with van der Waals surface area (Å²) in [6, 6.07) is 7.36. The summed E-state index contributed by atoms with van der Waals surface area (Å²) in [7, 11) is -3.26. The molecule has 94 valence electrons. The molecule has 0 aliphatic carbocycles. The van der Waals surface area contributed by atoms with Crippen molar-refractivity contribution < 1.29 is 13.2 Å². The Morgan fingerprint density at radius 1 is 1.18 bits per heavy atom. The van der Waals surface area contributed by atoms with E-state index < -0.39 is 21.5 Å². The molecule has 17 heavy (non-hydrogen) atoms. The molecule has 0 atom stereocenters. The molecule has 1 N–H and O–H groups in total. The lowest BCUT2D eigenvalue weighted by Gasteiger charge is -2.05. The Labute approximate surface area is 102 Å². The van der Waals surface area contributed by atoms with Crippen molar-refractivity contribution in [2.75, 3.05) is 16.8 Å². The molecular formula is C12H17NO3S. The minimum absolute atomic E-state index is 0.0187. The standard InChI is InChI=1S/C12H17NO3S/c1-3-10-5-7-11(8-6-10)13-12(14)9-17(15,16)4-2/h5-8H,3-4,9H2,1-2H3,(H,13,14). The van der Waals surface area contributed by atoms with Gasteiger partial charge in [0.05, 0.1) is 0 Å². The minimum Gasteiger partial charge on any atom is -0.325 e. The number of carbonyl (C=O) groups excluding carboxylic acids is 1. The lowest BCUT2D eigenvalue weighted by molar-refractivity contribution is -0.113. The molecular weight excluding hydrogens is 238 g/mol. The van der Waals surface area contributed by atoms with E-state index in [0.717, 1.165) is 6.42 Å². The van der Waals surface area contributed by atoms with Crippen molar-refractivity contribution in [3.05, 3.63) is 29.8 Å². The number of rotatable bonds is 5. The van der Waals surface area contributed by atoms with Crippen molar-refractivity contribution in [3.8, 4) is 0 Å². The quantitative estimate of drug-likeness (QED) is 0.869. The fourth-order valence-corrected chi connectivity index (χ4v) is 2.00. The molecule has 0 unspecified atom stereocenters. The van der Waals surface area contributed by atoms with Crippen molar-refractivity contribution in [2.24, 2.45) is 0 Å². The Morgan fingerprint density at radius 3 is 2.24 bits per heavy atom. The van der Waals surface area contributed by atoms with Crippen molar-refractivity contribution in [1.29, 1.82) is 0 Å². The maximum atomic E-state index is 11.5. The van der Waals surface area contributed by atoms with E-state index in [4.69, 9.17) is 0 Å². The molecule has 5 heteroatoms. The Morgan fingerprint density at radius 2 is 1.76 bits per heavy atom. The van der Waals surface area contributed by atoms with E-state index in [0.29, 0.717) is 5.69 Å². The Hall–Kier alpha value is -1.36. The summed E-state index contributed by atoms with van der Waals surface area (Å²) in [4.78, 5) is 11.5. The average molecular weight is 255 g/mol. The van der Waals surface area contributed by atoms with Crippen LogP contribution in [-0.2, 0) is 21.1 Å². The van der Waals surface area contributed by atoms with Gasteiger partial charge in [0.25, 0.3) is 0 Å². The predicted molar refractivity (Wildman–Crippen MR) is 68.8 cm³/mol. The van der Waals surface area contributed by atoms with Crippen LogP contribution in [0.5, 0.6) is 0 Å². The van der Waals surface area contributed by atoms with Crippen LogP contribution in [0.1, 0.15) is 19.4 Å². The second-order valence-electron chi connectivity index (χ2n) is 3.78. The van der Waals surface area contributed by atoms with Crippen molar-refractivity contribution in [2.45, 2.75) is 20.3 Å². The number of amides is 1. The fraction of sp³-hybridized carbons (Fsp3) is 0.417. The molecule has 0 fully saturated rings. The third kappa shape index (κ3) is 4.56. The topological polar surface area (TPSA) is 63.2 Å². The zero-order valence-electron chi connectivity index (χ0n) is 10.1. The second-order valence-corrected chi connectivity index (χ2v) is 6.13. The largest absolute Gasteiger partial charge is 0.325 e. The van der Waals surface area contributed by atoms with Gasteiger partial charge in [0.1, 0.15) is 5.75 Å². The molecule has 1 amide bonds. The lowest BCUT2D eigenvalue weighted by atomic mass is 10.1. The van der Waals surface area contributed by atoms with E-state index in [9.17, 15) is 13.2 Å². The summed E-state index contributed by atoms with van der Waals surface area (Å²) < 4.78 is 22.5. The SMILES string of the molecule is CCc1ccc(NC(=O)CS(=O)(=O)CC)cc1. The van der Waals surface area contributed by atoms with Gasteiger partial charge in [0.2, 0.25) is 5.91 Å². The Bertz CT molecular complexity index is 477. The number of sulfone groups is 1. The molecule has 0 aromatic heterocycles. The first-order valence-electron chi connectivity index (χ1n) is 5.56. The maximum absolute atomic E-state index is 11.5. The Kier molecular flexibility index (Phi) is 4.69. The van der Waals surface area contributed by atoms with E-state index >= 15 is 0 Å². The molecule has 0 saturated carbocycles. The number of aryl methyl sites for hydroxylation is 1. The van der Waals surface area contributed by atoms with E-state index in [1.807, 2.05) is 19.1 Å². The van der Waals surface area contributed by atoms with Gasteiger partial charge in [-0.05, 0) is 24.1 Å². The molecule has 0 heterocycles. The van der Waals surface area contributed by atoms with Crippen LogP contribution in [0.25, 0.3) is 0 Å². The van der Waals surface area contributed by atoms with Gasteiger partial charge in [-0.2, -0.15) is 0 Å². The monoisotopic (exact) mass is 255 g/mol. The summed E-state index contributed by atoms with van der Waals surface area (Å²) in [5, 5.41) is 2.57. The number of nitrogens with one attached hydrogen (secondary N) is 1. The van der Waals surface area contributed by atoms with Crippen LogP contribution >= 0.6 is 0 Å². The van der Waals surface area contributed by atoms with Crippen molar-refractivity contribution in [3.63, 3.8) is 0 Å². The minimum atomic E-state index is -3.26. The molecule has 4 nitrogen and oxygen atoms in total. The van der Waals surface area contributed by atoms with Gasteiger partial charge in [-0.3, -0.25) is 4.79 Å². The second kappa shape index (κ2) is 5.82. The maximum Gasteiger partial charge on any atom is 0.239 e. The third-order valence-electron chi connectivity index (χ3n) is 2.44. The van der Waals surface area contributed by atoms with Crippen LogP contribution in [-0.4, -0.2) is 25.8 Å².